The topological polar surface area (TPSA) is 94.8 Å². The second-order valence-electron chi connectivity index (χ2n) is 5.98. The van der Waals surface area contributed by atoms with Crippen LogP contribution in [-0.4, -0.2) is 15.8 Å². The number of halogens is 1. The Labute approximate surface area is 145 Å². The molecule has 6 nitrogen and oxygen atoms in total. The number of hydrogen-bond donors (Lipinski definition) is 3. The molecule has 1 unspecified atom stereocenters. The van der Waals surface area contributed by atoms with Crippen LogP contribution in [0.3, 0.4) is 0 Å². The molecule has 24 heavy (non-hydrogen) atoms. The van der Waals surface area contributed by atoms with Gasteiger partial charge >= 0.3 is 5.69 Å². The number of rotatable bonds is 1. The van der Waals surface area contributed by atoms with E-state index in [4.69, 9.17) is 0 Å². The number of H-pyrrole nitrogens is 2. The minimum absolute atomic E-state index is 0.0463. The number of carbonyl (C=O) groups is 1. The number of nitrogens with one attached hydrogen (secondary N) is 3. The van der Waals surface area contributed by atoms with Gasteiger partial charge in [0.2, 0.25) is 0 Å². The number of ketones is 1. The van der Waals surface area contributed by atoms with E-state index in [1.54, 1.807) is 0 Å². The SMILES string of the molecule is O=C1CCCC2=C1C(c1cccc(Br)c1)c1c([nH]c(=O)[nH]c1=O)N2. The molecule has 1 aliphatic heterocycles. The Bertz CT molecular complexity index is 1000. The number of benzene rings is 1. The quantitative estimate of drug-likeness (QED) is 0.699. The van der Waals surface area contributed by atoms with Gasteiger partial charge in [0.05, 0.1) is 5.56 Å². The van der Waals surface area contributed by atoms with Crippen molar-refractivity contribution in [2.75, 3.05) is 5.32 Å². The van der Waals surface area contributed by atoms with Crippen molar-refractivity contribution >= 4 is 27.5 Å². The van der Waals surface area contributed by atoms with E-state index in [9.17, 15) is 14.4 Å². The molecule has 2 aromatic rings. The highest BCUT2D eigenvalue weighted by molar-refractivity contribution is 9.10. The highest BCUT2D eigenvalue weighted by Crippen LogP contribution is 2.43. The molecule has 0 saturated carbocycles. The van der Waals surface area contributed by atoms with Crippen LogP contribution in [0.5, 0.6) is 0 Å². The summed E-state index contributed by atoms with van der Waals surface area (Å²) in [4.78, 5) is 41.6. The Morgan fingerprint density at radius 1 is 1.08 bits per heavy atom. The highest BCUT2D eigenvalue weighted by atomic mass is 79.9. The molecule has 7 heteroatoms. The fourth-order valence-electron chi connectivity index (χ4n) is 3.51. The average Bonchev–Trinajstić information content (AvgIpc) is 2.53. The summed E-state index contributed by atoms with van der Waals surface area (Å²) >= 11 is 3.44. The van der Waals surface area contributed by atoms with Crippen LogP contribution in [0.4, 0.5) is 5.82 Å². The zero-order chi connectivity index (χ0) is 16.8. The van der Waals surface area contributed by atoms with Crippen molar-refractivity contribution in [2.24, 2.45) is 0 Å². The normalized spacial score (nSPS) is 19.5. The number of hydrogen-bond acceptors (Lipinski definition) is 4. The molecule has 0 saturated heterocycles. The van der Waals surface area contributed by atoms with Crippen LogP contribution in [-0.2, 0) is 4.79 Å². The first kappa shape index (κ1) is 15.1. The van der Waals surface area contributed by atoms with E-state index < -0.39 is 17.2 Å². The lowest BCUT2D eigenvalue weighted by Gasteiger charge is -2.32. The first-order valence-electron chi connectivity index (χ1n) is 7.70. The van der Waals surface area contributed by atoms with Gasteiger partial charge in [0.1, 0.15) is 5.82 Å². The molecular formula is C17H14BrN3O3. The lowest BCUT2D eigenvalue weighted by Crippen LogP contribution is -2.36. The number of fused-ring (bicyclic) bond motifs is 1. The van der Waals surface area contributed by atoms with E-state index >= 15 is 0 Å². The van der Waals surface area contributed by atoms with Crippen molar-refractivity contribution < 1.29 is 4.79 Å². The third-order valence-corrected chi connectivity index (χ3v) is 4.96. The van der Waals surface area contributed by atoms with Crippen molar-refractivity contribution in [3.8, 4) is 0 Å². The molecule has 0 fully saturated rings. The fourth-order valence-corrected chi connectivity index (χ4v) is 3.93. The predicted octanol–water partition coefficient (Wildman–Crippen LogP) is 2.39. The molecule has 4 rings (SSSR count). The number of carbonyl (C=O) groups excluding carboxylic acids is 1. The van der Waals surface area contributed by atoms with Crippen LogP contribution in [0, 0.1) is 0 Å². The molecule has 1 atom stereocenters. The summed E-state index contributed by atoms with van der Waals surface area (Å²) in [5, 5.41) is 3.10. The van der Waals surface area contributed by atoms with Crippen molar-refractivity contribution in [1.29, 1.82) is 0 Å². The summed E-state index contributed by atoms with van der Waals surface area (Å²) in [7, 11) is 0. The van der Waals surface area contributed by atoms with Gasteiger partial charge in [0, 0.05) is 28.1 Å². The van der Waals surface area contributed by atoms with Crippen LogP contribution in [0.15, 0.2) is 49.6 Å². The lowest BCUT2D eigenvalue weighted by atomic mass is 9.76. The average molecular weight is 388 g/mol. The molecule has 2 heterocycles. The summed E-state index contributed by atoms with van der Waals surface area (Å²) in [6, 6.07) is 7.55. The standard InChI is InChI=1S/C17H14BrN3O3/c18-9-4-1-3-8(7-9)12-13-10(5-2-6-11(13)22)19-15-14(12)16(23)21-17(24)20-15/h1,3-4,7,12H,2,5-6H2,(H3,19,20,21,23,24). The van der Waals surface area contributed by atoms with Crippen LogP contribution in [0.25, 0.3) is 0 Å². The lowest BCUT2D eigenvalue weighted by molar-refractivity contribution is -0.116. The van der Waals surface area contributed by atoms with Gasteiger partial charge in [-0.25, -0.2) is 4.79 Å². The highest BCUT2D eigenvalue weighted by Gasteiger charge is 2.37. The van der Waals surface area contributed by atoms with Crippen LogP contribution < -0.4 is 16.6 Å². The predicted molar refractivity (Wildman–Crippen MR) is 93.2 cm³/mol. The number of Topliss-reactive ketones (excluding diaryl/α,β-unsaturated/α-hetero) is 1. The van der Waals surface area contributed by atoms with Crippen molar-refractivity contribution in [3.05, 3.63) is 72.0 Å². The minimum atomic E-state index is -0.564. The summed E-state index contributed by atoms with van der Waals surface area (Å²) < 4.78 is 0.867. The van der Waals surface area contributed by atoms with E-state index in [-0.39, 0.29) is 5.78 Å². The molecule has 0 spiro atoms. The second kappa shape index (κ2) is 5.59. The summed E-state index contributed by atoms with van der Waals surface area (Å²) in [6.07, 6.45) is 1.96. The van der Waals surface area contributed by atoms with Gasteiger partial charge in [0.25, 0.3) is 5.56 Å². The second-order valence-corrected chi connectivity index (χ2v) is 6.89. The van der Waals surface area contributed by atoms with Crippen molar-refractivity contribution in [3.63, 3.8) is 0 Å². The van der Waals surface area contributed by atoms with Gasteiger partial charge in [-0.1, -0.05) is 28.1 Å². The number of allylic oxidation sites excluding steroid dienone is 2. The Kier molecular flexibility index (Phi) is 3.53. The fraction of sp³-hybridized carbons (Fsp3) is 0.235. The summed E-state index contributed by atoms with van der Waals surface area (Å²) in [6.45, 7) is 0. The maximum atomic E-state index is 12.6. The van der Waals surface area contributed by atoms with Crippen LogP contribution >= 0.6 is 15.9 Å². The Morgan fingerprint density at radius 2 is 1.92 bits per heavy atom. The van der Waals surface area contributed by atoms with E-state index in [0.29, 0.717) is 23.4 Å². The maximum Gasteiger partial charge on any atom is 0.327 e. The molecule has 0 radical (unpaired) electrons. The maximum absolute atomic E-state index is 12.6. The molecule has 2 aliphatic rings. The van der Waals surface area contributed by atoms with Gasteiger partial charge < -0.3 is 5.32 Å². The van der Waals surface area contributed by atoms with Gasteiger partial charge in [-0.2, -0.15) is 0 Å². The Balaban J connectivity index is 2.03. The van der Waals surface area contributed by atoms with E-state index in [1.807, 2.05) is 24.3 Å². The van der Waals surface area contributed by atoms with Crippen LogP contribution in [0.1, 0.15) is 36.3 Å². The first-order valence-corrected chi connectivity index (χ1v) is 8.49. The molecule has 1 aromatic carbocycles. The molecular weight excluding hydrogens is 374 g/mol. The monoisotopic (exact) mass is 387 g/mol. The molecule has 1 aromatic heterocycles. The van der Waals surface area contributed by atoms with Crippen LogP contribution in [0.2, 0.25) is 0 Å². The summed E-state index contributed by atoms with van der Waals surface area (Å²) in [5.74, 6) is -0.0608. The Morgan fingerprint density at radius 3 is 2.71 bits per heavy atom. The van der Waals surface area contributed by atoms with Crippen molar-refractivity contribution in [1.82, 2.24) is 9.97 Å². The minimum Gasteiger partial charge on any atom is -0.344 e. The molecule has 0 amide bonds. The zero-order valence-corrected chi connectivity index (χ0v) is 14.2. The third-order valence-electron chi connectivity index (χ3n) is 4.47. The summed E-state index contributed by atoms with van der Waals surface area (Å²) in [5.41, 5.74) is 1.60. The molecule has 1 aliphatic carbocycles. The zero-order valence-electron chi connectivity index (χ0n) is 12.6. The van der Waals surface area contributed by atoms with Gasteiger partial charge in [-0.05, 0) is 30.5 Å². The molecule has 122 valence electrons. The van der Waals surface area contributed by atoms with Gasteiger partial charge in [-0.15, -0.1) is 0 Å². The third kappa shape index (κ3) is 2.36. The first-order chi connectivity index (χ1) is 11.5. The van der Waals surface area contributed by atoms with E-state index in [1.165, 1.54) is 0 Å². The van der Waals surface area contributed by atoms with E-state index in [0.717, 1.165) is 28.6 Å². The molecule has 0 bridgehead atoms. The number of anilines is 1. The van der Waals surface area contributed by atoms with E-state index in [2.05, 4.69) is 31.2 Å². The van der Waals surface area contributed by atoms with Crippen molar-refractivity contribution in [2.45, 2.75) is 25.2 Å². The Hall–Kier alpha value is -2.41. The number of aromatic amines is 2. The smallest absolute Gasteiger partial charge is 0.327 e. The number of aromatic nitrogens is 2. The molecule has 3 N–H and O–H groups in total. The van der Waals surface area contributed by atoms with Gasteiger partial charge in [-0.3, -0.25) is 19.6 Å². The largest absolute Gasteiger partial charge is 0.344 e. The van der Waals surface area contributed by atoms with Gasteiger partial charge in [0.15, 0.2) is 5.78 Å².